The summed E-state index contributed by atoms with van der Waals surface area (Å²) in [6, 6.07) is 4.50. The molecule has 1 amide bonds. The zero-order valence-electron chi connectivity index (χ0n) is 10.5. The third kappa shape index (κ3) is 2.09. The Bertz CT molecular complexity index is 532. The van der Waals surface area contributed by atoms with Crippen LogP contribution in [0.25, 0.3) is 0 Å². The molecule has 0 aliphatic carbocycles. The second-order valence-corrected chi connectivity index (χ2v) is 5.05. The van der Waals surface area contributed by atoms with Gasteiger partial charge in [0.05, 0.1) is 0 Å². The molecule has 3 rings (SSSR count). The Labute approximate surface area is 110 Å². The molecule has 0 N–H and O–H groups in total. The number of fused-ring (bicyclic) bond motifs is 1. The van der Waals surface area contributed by atoms with E-state index in [0.29, 0.717) is 31.4 Å². The average molecular weight is 262 g/mol. The van der Waals surface area contributed by atoms with E-state index < -0.39 is 5.82 Å². The van der Waals surface area contributed by atoms with Gasteiger partial charge in [-0.25, -0.2) is 4.39 Å². The molecule has 2 fully saturated rings. The van der Waals surface area contributed by atoms with Crippen molar-refractivity contribution in [3.05, 3.63) is 29.6 Å². The Morgan fingerprint density at radius 2 is 2.16 bits per heavy atom. The molecule has 2 aliphatic heterocycles. The minimum atomic E-state index is -0.402. The first kappa shape index (κ1) is 12.1. The van der Waals surface area contributed by atoms with Crippen LogP contribution in [0.4, 0.5) is 10.1 Å². The molecule has 19 heavy (non-hydrogen) atoms. The first-order chi connectivity index (χ1) is 9.19. The maximum absolute atomic E-state index is 13.1. The predicted octanol–water partition coefficient (Wildman–Crippen LogP) is 1.45. The first-order valence-corrected chi connectivity index (χ1v) is 6.48. The molecule has 0 saturated carbocycles. The molecule has 100 valence electrons. The molecular formula is C14H15FN2O2. The molecule has 0 bridgehead atoms. The van der Waals surface area contributed by atoms with E-state index in [-0.39, 0.29) is 11.9 Å². The molecule has 5 heteroatoms. The number of nitrogens with zero attached hydrogens (tertiary/aromatic N) is 2. The van der Waals surface area contributed by atoms with E-state index in [1.807, 2.05) is 4.90 Å². The van der Waals surface area contributed by atoms with Crippen molar-refractivity contribution in [2.45, 2.75) is 18.9 Å². The second kappa shape index (κ2) is 4.64. The minimum Gasteiger partial charge on any atom is -0.367 e. The van der Waals surface area contributed by atoms with Gasteiger partial charge in [0.15, 0.2) is 6.29 Å². The SMILES string of the molecule is O=Cc1cc(F)ccc1N1CCN2C(=O)CCC2C1. The number of anilines is 1. The summed E-state index contributed by atoms with van der Waals surface area (Å²) in [7, 11) is 0. The molecule has 0 spiro atoms. The van der Waals surface area contributed by atoms with Gasteiger partial charge in [0, 0.05) is 43.3 Å². The van der Waals surface area contributed by atoms with Crippen LogP contribution >= 0.6 is 0 Å². The van der Waals surface area contributed by atoms with Gasteiger partial charge in [-0.15, -0.1) is 0 Å². The molecule has 2 saturated heterocycles. The zero-order valence-corrected chi connectivity index (χ0v) is 10.5. The molecule has 1 unspecified atom stereocenters. The molecule has 2 heterocycles. The lowest BCUT2D eigenvalue weighted by molar-refractivity contribution is -0.129. The van der Waals surface area contributed by atoms with Crippen LogP contribution in [0.1, 0.15) is 23.2 Å². The van der Waals surface area contributed by atoms with Crippen LogP contribution in [0.2, 0.25) is 0 Å². The fourth-order valence-corrected chi connectivity index (χ4v) is 2.99. The highest BCUT2D eigenvalue weighted by atomic mass is 19.1. The smallest absolute Gasteiger partial charge is 0.223 e. The topological polar surface area (TPSA) is 40.6 Å². The van der Waals surface area contributed by atoms with E-state index in [0.717, 1.165) is 18.7 Å². The number of benzene rings is 1. The Morgan fingerprint density at radius 1 is 1.32 bits per heavy atom. The van der Waals surface area contributed by atoms with Crippen molar-refractivity contribution in [2.75, 3.05) is 24.5 Å². The summed E-state index contributed by atoms with van der Waals surface area (Å²) in [5.41, 5.74) is 1.13. The Kier molecular flexibility index (Phi) is 2.97. The van der Waals surface area contributed by atoms with Gasteiger partial charge in [-0.1, -0.05) is 0 Å². The normalized spacial score (nSPS) is 22.6. The molecule has 1 aromatic carbocycles. The molecule has 4 nitrogen and oxygen atoms in total. The van der Waals surface area contributed by atoms with Crippen molar-refractivity contribution < 1.29 is 14.0 Å². The Hall–Kier alpha value is -1.91. The summed E-state index contributed by atoms with van der Waals surface area (Å²) in [5.74, 6) is -0.181. The number of carbonyl (C=O) groups excluding carboxylic acids is 2. The van der Waals surface area contributed by atoms with Crippen LogP contribution < -0.4 is 4.90 Å². The monoisotopic (exact) mass is 262 g/mol. The zero-order chi connectivity index (χ0) is 13.4. The van der Waals surface area contributed by atoms with Gasteiger partial charge in [0.2, 0.25) is 5.91 Å². The highest BCUT2D eigenvalue weighted by Crippen LogP contribution is 2.28. The molecule has 2 aliphatic rings. The Morgan fingerprint density at radius 3 is 2.95 bits per heavy atom. The highest BCUT2D eigenvalue weighted by Gasteiger charge is 2.35. The lowest BCUT2D eigenvalue weighted by atomic mass is 10.1. The summed E-state index contributed by atoms with van der Waals surface area (Å²) >= 11 is 0. The van der Waals surface area contributed by atoms with Gasteiger partial charge in [-0.05, 0) is 24.6 Å². The van der Waals surface area contributed by atoms with Gasteiger partial charge in [-0.3, -0.25) is 9.59 Å². The fourth-order valence-electron chi connectivity index (χ4n) is 2.99. The van der Waals surface area contributed by atoms with Crippen molar-refractivity contribution in [1.82, 2.24) is 4.90 Å². The number of piperazine rings is 1. The largest absolute Gasteiger partial charge is 0.367 e. The van der Waals surface area contributed by atoms with Crippen LogP contribution in [0.3, 0.4) is 0 Å². The Balaban J connectivity index is 1.84. The van der Waals surface area contributed by atoms with Crippen LogP contribution in [0, 0.1) is 5.82 Å². The van der Waals surface area contributed by atoms with Gasteiger partial charge >= 0.3 is 0 Å². The van der Waals surface area contributed by atoms with Gasteiger partial charge in [-0.2, -0.15) is 0 Å². The summed E-state index contributed by atoms with van der Waals surface area (Å²) in [4.78, 5) is 26.7. The summed E-state index contributed by atoms with van der Waals surface area (Å²) in [6.45, 7) is 2.09. The highest BCUT2D eigenvalue weighted by molar-refractivity contribution is 5.85. The summed E-state index contributed by atoms with van der Waals surface area (Å²) in [6.07, 6.45) is 2.17. The van der Waals surface area contributed by atoms with E-state index in [9.17, 15) is 14.0 Å². The number of amides is 1. The van der Waals surface area contributed by atoms with Gasteiger partial charge in [0.1, 0.15) is 5.82 Å². The lowest BCUT2D eigenvalue weighted by Gasteiger charge is -2.39. The number of hydrogen-bond acceptors (Lipinski definition) is 3. The fraction of sp³-hybridized carbons (Fsp3) is 0.429. The van der Waals surface area contributed by atoms with E-state index in [1.165, 1.54) is 12.1 Å². The number of carbonyl (C=O) groups is 2. The number of aldehydes is 1. The van der Waals surface area contributed by atoms with Crippen molar-refractivity contribution in [3.63, 3.8) is 0 Å². The quantitative estimate of drug-likeness (QED) is 0.757. The molecule has 0 aromatic heterocycles. The van der Waals surface area contributed by atoms with Crippen molar-refractivity contribution in [1.29, 1.82) is 0 Å². The number of rotatable bonds is 2. The van der Waals surface area contributed by atoms with Crippen LogP contribution in [-0.2, 0) is 4.79 Å². The number of halogens is 1. The van der Waals surface area contributed by atoms with Crippen LogP contribution in [0.15, 0.2) is 18.2 Å². The van der Waals surface area contributed by atoms with E-state index in [4.69, 9.17) is 0 Å². The summed E-state index contributed by atoms with van der Waals surface area (Å²) in [5, 5.41) is 0. The minimum absolute atomic E-state index is 0.222. The maximum atomic E-state index is 13.1. The molecular weight excluding hydrogens is 247 g/mol. The number of hydrogen-bond donors (Lipinski definition) is 0. The predicted molar refractivity (Wildman–Crippen MR) is 68.7 cm³/mol. The van der Waals surface area contributed by atoms with Crippen LogP contribution in [0.5, 0.6) is 0 Å². The molecule has 1 aromatic rings. The third-order valence-electron chi connectivity index (χ3n) is 3.95. The van der Waals surface area contributed by atoms with Crippen LogP contribution in [-0.4, -0.2) is 42.8 Å². The molecule has 1 atom stereocenters. The van der Waals surface area contributed by atoms with E-state index in [1.54, 1.807) is 6.07 Å². The standard InChI is InChI=1S/C14H15FN2O2/c15-11-1-3-13(10(7-11)9-18)16-5-6-17-12(8-16)2-4-14(17)19/h1,3,7,9,12H,2,4-6,8H2. The molecule has 0 radical (unpaired) electrons. The second-order valence-electron chi connectivity index (χ2n) is 5.05. The van der Waals surface area contributed by atoms with E-state index in [2.05, 4.69) is 4.90 Å². The average Bonchev–Trinajstić information content (AvgIpc) is 2.79. The first-order valence-electron chi connectivity index (χ1n) is 6.48. The van der Waals surface area contributed by atoms with Crippen molar-refractivity contribution in [3.8, 4) is 0 Å². The van der Waals surface area contributed by atoms with E-state index >= 15 is 0 Å². The maximum Gasteiger partial charge on any atom is 0.223 e. The third-order valence-corrected chi connectivity index (χ3v) is 3.95. The van der Waals surface area contributed by atoms with Crippen molar-refractivity contribution >= 4 is 17.9 Å². The van der Waals surface area contributed by atoms with Gasteiger partial charge in [0.25, 0.3) is 0 Å². The lowest BCUT2D eigenvalue weighted by Crippen LogP contribution is -2.51. The van der Waals surface area contributed by atoms with Crippen molar-refractivity contribution in [2.24, 2.45) is 0 Å². The van der Waals surface area contributed by atoms with Gasteiger partial charge < -0.3 is 9.80 Å². The summed E-state index contributed by atoms with van der Waals surface area (Å²) < 4.78 is 13.1.